The molecule has 1 saturated carbocycles. The molecule has 0 saturated heterocycles. The quantitative estimate of drug-likeness (QED) is 0.354. The summed E-state index contributed by atoms with van der Waals surface area (Å²) in [5, 5.41) is 18.6. The molecular formula is C27H34N2O3S2. The zero-order valence-corrected chi connectivity index (χ0v) is 21.3. The normalized spacial score (nSPS) is 16.0. The predicted octanol–water partition coefficient (Wildman–Crippen LogP) is 5.67. The molecule has 1 aliphatic rings. The summed E-state index contributed by atoms with van der Waals surface area (Å²) < 4.78 is 25.2. The summed E-state index contributed by atoms with van der Waals surface area (Å²) in [7, 11) is -3.89. The first-order chi connectivity index (χ1) is 16.3. The van der Waals surface area contributed by atoms with Crippen molar-refractivity contribution in [1.29, 1.82) is 0 Å². The molecule has 1 fully saturated rings. The standard InChI is InChI=1S/C27H34N2O3S2/c1-19(15-20-7-3-2-4-8-20)29-17-23-9-5-6-10-24(23)25-16-26(33-27(25)34(28,31)32)22-13-11-21(18-30)12-14-22/h5-6,9-14,16,19-20,29-30H,2-4,7-8,15,17-18H2,1H3,(H2,28,31,32)/t19-/m0/s1. The second kappa shape index (κ2) is 11.1. The van der Waals surface area contributed by atoms with Gasteiger partial charge in [0.1, 0.15) is 4.21 Å². The molecule has 0 spiro atoms. The summed E-state index contributed by atoms with van der Waals surface area (Å²) in [6, 6.07) is 17.7. The first kappa shape index (κ1) is 25.1. The second-order valence-electron chi connectivity index (χ2n) is 9.39. The highest BCUT2D eigenvalue weighted by atomic mass is 32.2. The molecule has 34 heavy (non-hydrogen) atoms. The molecule has 5 nitrogen and oxygen atoms in total. The Labute approximate surface area is 207 Å². The van der Waals surface area contributed by atoms with E-state index in [1.54, 1.807) is 0 Å². The number of benzene rings is 2. The molecule has 1 aliphatic carbocycles. The van der Waals surface area contributed by atoms with E-state index in [1.165, 1.54) is 49.9 Å². The molecule has 1 aromatic heterocycles. The zero-order valence-electron chi connectivity index (χ0n) is 19.7. The maximum atomic E-state index is 12.5. The van der Waals surface area contributed by atoms with Gasteiger partial charge in [0.15, 0.2) is 0 Å². The maximum absolute atomic E-state index is 12.5. The van der Waals surface area contributed by atoms with Crippen molar-refractivity contribution in [2.24, 2.45) is 11.1 Å². The van der Waals surface area contributed by atoms with Crippen LogP contribution in [0.4, 0.5) is 0 Å². The van der Waals surface area contributed by atoms with Gasteiger partial charge in [-0.25, -0.2) is 13.6 Å². The molecule has 4 N–H and O–H groups in total. The Kier molecular flexibility index (Phi) is 8.22. The molecule has 1 atom stereocenters. The van der Waals surface area contributed by atoms with Crippen LogP contribution in [0.2, 0.25) is 0 Å². The Bertz CT molecular complexity index is 1200. The SMILES string of the molecule is C[C@@H](CC1CCCCC1)NCc1ccccc1-c1cc(-c2ccc(CO)cc2)sc1S(N)(=O)=O. The van der Waals surface area contributed by atoms with Crippen molar-refractivity contribution >= 4 is 21.4 Å². The third-order valence-electron chi connectivity index (χ3n) is 6.74. The molecule has 182 valence electrons. The molecule has 1 heterocycles. The molecule has 3 aromatic rings. The third kappa shape index (κ3) is 6.15. The summed E-state index contributed by atoms with van der Waals surface area (Å²) in [4.78, 5) is 0.831. The largest absolute Gasteiger partial charge is 0.392 e. The van der Waals surface area contributed by atoms with Crippen LogP contribution in [0.25, 0.3) is 21.6 Å². The number of nitrogens with two attached hydrogens (primary N) is 1. The fourth-order valence-corrected chi connectivity index (χ4v) is 7.04. The Morgan fingerprint density at radius 1 is 1.06 bits per heavy atom. The van der Waals surface area contributed by atoms with Crippen molar-refractivity contribution in [2.45, 2.75) is 68.9 Å². The van der Waals surface area contributed by atoms with Crippen LogP contribution in [0.3, 0.4) is 0 Å². The van der Waals surface area contributed by atoms with Gasteiger partial charge in [-0.3, -0.25) is 0 Å². The van der Waals surface area contributed by atoms with Gasteiger partial charge in [0.25, 0.3) is 0 Å². The summed E-state index contributed by atoms with van der Waals surface area (Å²) in [6.07, 6.45) is 7.90. The lowest BCUT2D eigenvalue weighted by Gasteiger charge is -2.25. The molecule has 0 aliphatic heterocycles. The molecule has 0 radical (unpaired) electrons. The molecule has 2 aromatic carbocycles. The molecule has 0 bridgehead atoms. The van der Waals surface area contributed by atoms with E-state index in [0.717, 1.165) is 33.0 Å². The minimum Gasteiger partial charge on any atom is -0.392 e. The fourth-order valence-electron chi connectivity index (χ4n) is 4.92. The number of thiophene rings is 1. The van der Waals surface area contributed by atoms with E-state index in [0.29, 0.717) is 18.2 Å². The van der Waals surface area contributed by atoms with Gasteiger partial charge >= 0.3 is 0 Å². The van der Waals surface area contributed by atoms with Crippen molar-refractivity contribution in [1.82, 2.24) is 5.32 Å². The van der Waals surface area contributed by atoms with Crippen LogP contribution >= 0.6 is 11.3 Å². The first-order valence-electron chi connectivity index (χ1n) is 12.0. The van der Waals surface area contributed by atoms with Crippen LogP contribution < -0.4 is 10.5 Å². The Hall–Kier alpha value is -2.03. The molecule has 7 heteroatoms. The van der Waals surface area contributed by atoms with Gasteiger partial charge in [0.05, 0.1) is 6.61 Å². The van der Waals surface area contributed by atoms with Gasteiger partial charge in [0, 0.05) is 23.0 Å². The number of rotatable bonds is 9. The highest BCUT2D eigenvalue weighted by Crippen LogP contribution is 2.41. The Morgan fingerprint density at radius 2 is 1.76 bits per heavy atom. The van der Waals surface area contributed by atoms with E-state index in [1.807, 2.05) is 48.5 Å². The van der Waals surface area contributed by atoms with Gasteiger partial charge in [-0.1, -0.05) is 80.6 Å². The van der Waals surface area contributed by atoms with Crippen molar-refractivity contribution in [2.75, 3.05) is 0 Å². The van der Waals surface area contributed by atoms with E-state index >= 15 is 0 Å². The van der Waals surface area contributed by atoms with Gasteiger partial charge in [-0.2, -0.15) is 0 Å². The van der Waals surface area contributed by atoms with E-state index < -0.39 is 10.0 Å². The fraction of sp³-hybridized carbons (Fsp3) is 0.407. The average Bonchev–Trinajstić information content (AvgIpc) is 3.30. The molecular weight excluding hydrogens is 464 g/mol. The third-order valence-corrected chi connectivity index (χ3v) is 9.40. The molecule has 4 rings (SSSR count). The monoisotopic (exact) mass is 498 g/mol. The van der Waals surface area contributed by atoms with E-state index in [9.17, 15) is 13.5 Å². The predicted molar refractivity (Wildman–Crippen MR) is 140 cm³/mol. The maximum Gasteiger partial charge on any atom is 0.248 e. The average molecular weight is 499 g/mol. The molecule has 0 amide bonds. The lowest BCUT2D eigenvalue weighted by atomic mass is 9.85. The minimum atomic E-state index is -3.89. The highest BCUT2D eigenvalue weighted by Gasteiger charge is 2.23. The number of sulfonamides is 1. The Balaban J connectivity index is 1.60. The Morgan fingerprint density at radius 3 is 2.44 bits per heavy atom. The minimum absolute atomic E-state index is 0.0298. The summed E-state index contributed by atoms with van der Waals surface area (Å²) in [6.45, 7) is 2.88. The zero-order chi connectivity index (χ0) is 24.1. The van der Waals surface area contributed by atoms with Crippen molar-refractivity contribution in [3.63, 3.8) is 0 Å². The van der Waals surface area contributed by atoms with E-state index in [2.05, 4.69) is 18.3 Å². The van der Waals surface area contributed by atoms with Crippen molar-refractivity contribution < 1.29 is 13.5 Å². The number of aliphatic hydroxyl groups excluding tert-OH is 1. The summed E-state index contributed by atoms with van der Waals surface area (Å²) >= 11 is 1.19. The lowest BCUT2D eigenvalue weighted by molar-refractivity contribution is 0.282. The van der Waals surface area contributed by atoms with Crippen LogP contribution in [-0.2, 0) is 23.2 Å². The molecule has 0 unspecified atom stereocenters. The topological polar surface area (TPSA) is 92.4 Å². The lowest BCUT2D eigenvalue weighted by Crippen LogP contribution is -2.28. The summed E-state index contributed by atoms with van der Waals surface area (Å²) in [5.41, 5.74) is 4.30. The van der Waals surface area contributed by atoms with E-state index in [-0.39, 0.29) is 10.8 Å². The van der Waals surface area contributed by atoms with Crippen LogP contribution in [0.1, 0.15) is 56.6 Å². The highest BCUT2D eigenvalue weighted by molar-refractivity contribution is 7.91. The van der Waals surface area contributed by atoms with Gasteiger partial charge in [-0.15, -0.1) is 11.3 Å². The first-order valence-corrected chi connectivity index (χ1v) is 14.4. The second-order valence-corrected chi connectivity index (χ2v) is 12.2. The van der Waals surface area contributed by atoms with Crippen LogP contribution in [-0.4, -0.2) is 19.6 Å². The number of hydrogen-bond donors (Lipinski definition) is 3. The van der Waals surface area contributed by atoms with Crippen molar-refractivity contribution in [3.8, 4) is 21.6 Å². The van der Waals surface area contributed by atoms with E-state index in [4.69, 9.17) is 5.14 Å². The van der Waals surface area contributed by atoms with Crippen LogP contribution in [0.15, 0.2) is 58.8 Å². The van der Waals surface area contributed by atoms with Crippen molar-refractivity contribution in [3.05, 3.63) is 65.7 Å². The summed E-state index contributed by atoms with van der Waals surface area (Å²) in [5.74, 6) is 0.803. The number of primary sulfonamides is 1. The number of hydrogen-bond acceptors (Lipinski definition) is 5. The number of aliphatic hydroxyl groups is 1. The smallest absolute Gasteiger partial charge is 0.248 e. The number of nitrogens with one attached hydrogen (secondary N) is 1. The van der Waals surface area contributed by atoms with Crippen LogP contribution in [0, 0.1) is 5.92 Å². The van der Waals surface area contributed by atoms with Crippen LogP contribution in [0.5, 0.6) is 0 Å². The van der Waals surface area contributed by atoms with Gasteiger partial charge < -0.3 is 10.4 Å². The van der Waals surface area contributed by atoms with Gasteiger partial charge in [0.2, 0.25) is 10.0 Å². The van der Waals surface area contributed by atoms with Gasteiger partial charge in [-0.05, 0) is 47.6 Å².